The van der Waals surface area contributed by atoms with Gasteiger partial charge >= 0.3 is 0 Å². The summed E-state index contributed by atoms with van der Waals surface area (Å²) in [5, 5.41) is 22.7. The van der Waals surface area contributed by atoms with Crippen LogP contribution in [0.15, 0.2) is 131 Å². The highest BCUT2D eigenvalue weighted by molar-refractivity contribution is 9.09. The SMILES string of the molecule is BrCCc1ccccc1.CC(C)N.CCCCN.NCCN.Nc1ccccc1O.Nc1ccccc1O.c1ccoc1.c1ccsc1. The molecule has 0 saturated carbocycles. The Bertz CT molecular complexity index is 1100. The molecular formula is C37H59BrN6O3S. The molecule has 0 saturated heterocycles. The van der Waals surface area contributed by atoms with Gasteiger partial charge in [-0.15, -0.1) is 0 Å². The van der Waals surface area contributed by atoms with E-state index in [0.29, 0.717) is 30.5 Å². The number of aryl methyl sites for hydroxylation is 1. The average molecular weight is 748 g/mol. The summed E-state index contributed by atoms with van der Waals surface area (Å²) in [5.74, 6) is 0.292. The van der Waals surface area contributed by atoms with Gasteiger partial charge in [-0.25, -0.2) is 0 Å². The van der Waals surface area contributed by atoms with Crippen LogP contribution < -0.4 is 34.4 Å². The van der Waals surface area contributed by atoms with Crippen molar-refractivity contribution in [3.05, 3.63) is 132 Å². The Kier molecular flexibility index (Phi) is 39.8. The van der Waals surface area contributed by atoms with E-state index in [1.165, 1.54) is 18.4 Å². The Balaban J connectivity index is -0.000000492. The smallest absolute Gasteiger partial charge is 0.138 e. The molecule has 9 nitrogen and oxygen atoms in total. The van der Waals surface area contributed by atoms with Gasteiger partial charge in [0.1, 0.15) is 11.5 Å². The lowest BCUT2D eigenvalue weighted by Crippen LogP contribution is -2.11. The highest BCUT2D eigenvalue weighted by Crippen LogP contribution is 2.16. The fourth-order valence-electron chi connectivity index (χ4n) is 2.39. The molecule has 48 heavy (non-hydrogen) atoms. The number of rotatable bonds is 5. The molecule has 0 spiro atoms. The first-order chi connectivity index (χ1) is 23.1. The monoisotopic (exact) mass is 746 g/mol. The van der Waals surface area contributed by atoms with Crippen LogP contribution >= 0.6 is 27.3 Å². The molecule has 0 atom stereocenters. The Morgan fingerprint density at radius 3 is 1.29 bits per heavy atom. The van der Waals surface area contributed by atoms with Gasteiger partial charge in [0.25, 0.3) is 0 Å². The number of nitrogens with two attached hydrogens (primary N) is 6. The van der Waals surface area contributed by atoms with Gasteiger partial charge in [-0.05, 0) is 78.2 Å². The molecule has 268 valence electrons. The maximum absolute atomic E-state index is 8.79. The lowest BCUT2D eigenvalue weighted by molar-refractivity contribution is 0.477. The second-order valence-electron chi connectivity index (χ2n) is 9.59. The van der Waals surface area contributed by atoms with Crippen LogP contribution in [0.4, 0.5) is 11.4 Å². The summed E-state index contributed by atoms with van der Waals surface area (Å²) >= 11 is 5.10. The van der Waals surface area contributed by atoms with Gasteiger partial charge in [-0.2, -0.15) is 11.3 Å². The van der Waals surface area contributed by atoms with E-state index in [2.05, 4.69) is 51.5 Å². The molecular weight excluding hydrogens is 688 g/mol. The first-order valence-corrected chi connectivity index (χ1v) is 17.6. The fraction of sp³-hybridized carbons (Fsp3) is 0.297. The molecule has 0 unspecified atom stereocenters. The van der Waals surface area contributed by atoms with Crippen LogP contribution in [-0.2, 0) is 6.42 Å². The second-order valence-corrected chi connectivity index (χ2v) is 11.2. The quantitative estimate of drug-likeness (QED) is 0.0505. The zero-order chi connectivity index (χ0) is 36.7. The van der Waals surface area contributed by atoms with Gasteiger partial charge in [-0.3, -0.25) is 0 Å². The third kappa shape index (κ3) is 40.2. The van der Waals surface area contributed by atoms with Crippen molar-refractivity contribution in [3.63, 3.8) is 0 Å². The van der Waals surface area contributed by atoms with E-state index in [-0.39, 0.29) is 11.5 Å². The largest absolute Gasteiger partial charge is 0.506 e. The first kappa shape index (κ1) is 48.6. The van der Waals surface area contributed by atoms with Crippen LogP contribution in [-0.4, -0.2) is 41.2 Å². The van der Waals surface area contributed by atoms with E-state index >= 15 is 0 Å². The third-order valence-electron chi connectivity index (χ3n) is 4.67. The summed E-state index contributed by atoms with van der Waals surface area (Å²) in [7, 11) is 0. The number of unbranched alkanes of at least 4 members (excludes halogenated alkanes) is 1. The highest BCUT2D eigenvalue weighted by Gasteiger charge is 1.88. The molecule has 0 bridgehead atoms. The Labute approximate surface area is 301 Å². The molecule has 2 heterocycles. The number of nitrogen functional groups attached to an aromatic ring is 2. The molecule has 0 aliphatic rings. The van der Waals surface area contributed by atoms with Gasteiger partial charge < -0.3 is 49.0 Å². The summed E-state index contributed by atoms with van der Waals surface area (Å²) < 4.78 is 4.58. The van der Waals surface area contributed by atoms with Crippen molar-refractivity contribution in [2.75, 3.05) is 36.4 Å². The Morgan fingerprint density at radius 1 is 0.667 bits per heavy atom. The average Bonchev–Trinajstić information content (AvgIpc) is 3.87. The minimum absolute atomic E-state index is 0.146. The Hall–Kier alpha value is -3.84. The van der Waals surface area contributed by atoms with Gasteiger partial charge in [0.15, 0.2) is 0 Å². The van der Waals surface area contributed by atoms with E-state index in [9.17, 15) is 0 Å². The molecule has 0 aliphatic heterocycles. The van der Waals surface area contributed by atoms with Gasteiger partial charge in [-0.1, -0.05) is 110 Å². The second kappa shape index (κ2) is 39.3. The summed E-state index contributed by atoms with van der Waals surface area (Å²) in [4.78, 5) is 0. The number of hydrogen-bond donors (Lipinski definition) is 8. The predicted octanol–water partition coefficient (Wildman–Crippen LogP) is 7.60. The molecule has 0 radical (unpaired) electrons. The molecule has 5 rings (SSSR count). The molecule has 0 fully saturated rings. The first-order valence-electron chi connectivity index (χ1n) is 15.6. The van der Waals surface area contributed by atoms with Gasteiger partial charge in [0.2, 0.25) is 0 Å². The lowest BCUT2D eigenvalue weighted by atomic mass is 10.2. The minimum atomic E-state index is 0.146. The molecule has 11 heteroatoms. The van der Waals surface area contributed by atoms with Crippen LogP contribution in [0, 0.1) is 0 Å². The van der Waals surface area contributed by atoms with Crippen molar-refractivity contribution in [2.45, 2.75) is 46.1 Å². The Morgan fingerprint density at radius 2 is 1.08 bits per heavy atom. The van der Waals surface area contributed by atoms with Crippen molar-refractivity contribution >= 4 is 38.6 Å². The number of aromatic hydroxyl groups is 2. The fourth-order valence-corrected chi connectivity index (χ4v) is 3.30. The molecule has 14 N–H and O–H groups in total. The van der Waals surface area contributed by atoms with Crippen LogP contribution in [0.1, 0.15) is 39.2 Å². The molecule has 0 aliphatic carbocycles. The number of thiophene rings is 1. The van der Waals surface area contributed by atoms with E-state index in [4.69, 9.17) is 44.6 Å². The normalized spacial score (nSPS) is 8.69. The number of para-hydroxylation sites is 4. The van der Waals surface area contributed by atoms with Crippen molar-refractivity contribution in [1.29, 1.82) is 0 Å². The van der Waals surface area contributed by atoms with Crippen molar-refractivity contribution in [3.8, 4) is 11.5 Å². The summed E-state index contributed by atoms with van der Waals surface area (Å²) in [6.45, 7) is 8.06. The number of benzene rings is 3. The third-order valence-corrected chi connectivity index (χ3v) is 5.70. The number of alkyl halides is 1. The zero-order valence-electron chi connectivity index (χ0n) is 28.7. The molecule has 2 aromatic heterocycles. The van der Waals surface area contributed by atoms with E-state index in [0.717, 1.165) is 18.3 Å². The van der Waals surface area contributed by atoms with Crippen molar-refractivity contribution in [2.24, 2.45) is 22.9 Å². The predicted molar refractivity (Wildman–Crippen MR) is 213 cm³/mol. The number of phenols is 2. The maximum atomic E-state index is 8.79. The molecule has 0 amide bonds. The van der Waals surface area contributed by atoms with Gasteiger partial charge in [0.05, 0.1) is 23.9 Å². The van der Waals surface area contributed by atoms with Gasteiger partial charge in [0, 0.05) is 18.4 Å². The highest BCUT2D eigenvalue weighted by atomic mass is 79.9. The van der Waals surface area contributed by atoms with E-state index in [1.54, 1.807) is 72.4 Å². The molecule has 3 aromatic carbocycles. The summed E-state index contributed by atoms with van der Waals surface area (Å²) in [6, 6.07) is 31.9. The zero-order valence-corrected chi connectivity index (χ0v) is 31.1. The lowest BCUT2D eigenvalue weighted by Gasteiger charge is -1.92. The van der Waals surface area contributed by atoms with Crippen LogP contribution in [0.3, 0.4) is 0 Å². The molecule has 5 aromatic rings. The number of furan rings is 1. The maximum Gasteiger partial charge on any atom is 0.138 e. The summed E-state index contributed by atoms with van der Waals surface area (Å²) in [6.07, 6.45) is 6.76. The van der Waals surface area contributed by atoms with E-state index in [1.807, 2.05) is 54.9 Å². The van der Waals surface area contributed by atoms with Crippen molar-refractivity contribution < 1.29 is 14.6 Å². The number of phenolic OH excluding ortho intramolecular Hbond substituents is 2. The minimum Gasteiger partial charge on any atom is -0.506 e. The number of hydrogen-bond acceptors (Lipinski definition) is 10. The summed E-state index contributed by atoms with van der Waals surface area (Å²) in [5.41, 5.74) is 32.8. The number of anilines is 2. The van der Waals surface area contributed by atoms with Crippen LogP contribution in [0.5, 0.6) is 11.5 Å². The number of halogens is 1. The van der Waals surface area contributed by atoms with Crippen LogP contribution in [0.25, 0.3) is 0 Å². The standard InChI is InChI=1S/C8H9Br.2C6H7NO.C4H11N.C4H4O.C4H4S.C3H9N.C2H8N2/c9-7-6-8-4-2-1-3-5-8;2*7-5-3-1-2-4-6(5)8;1-2-3-4-5;2*1-2-4-5-3-1;1-3(2)4;3-1-2-4/h1-5H,6-7H2;2*1-4,8H,7H2;2-5H2,1H3;2*1-4H;3H,4H2,1-2H3;1-4H2. The van der Waals surface area contributed by atoms with Crippen LogP contribution in [0.2, 0.25) is 0 Å². The topological polar surface area (TPSA) is 210 Å². The van der Waals surface area contributed by atoms with Crippen molar-refractivity contribution in [1.82, 2.24) is 0 Å². The van der Waals surface area contributed by atoms with E-state index < -0.39 is 0 Å².